The maximum Gasteiger partial charge on any atom is 0.191 e. The Labute approximate surface area is 171 Å². The highest BCUT2D eigenvalue weighted by Gasteiger charge is 2.20. The van der Waals surface area contributed by atoms with Crippen molar-refractivity contribution in [3.8, 4) is 0 Å². The van der Waals surface area contributed by atoms with E-state index in [2.05, 4.69) is 55.1 Å². The summed E-state index contributed by atoms with van der Waals surface area (Å²) in [6, 6.07) is 0. The molecule has 0 saturated carbocycles. The van der Waals surface area contributed by atoms with Gasteiger partial charge in [-0.1, -0.05) is 13.8 Å². The van der Waals surface area contributed by atoms with Gasteiger partial charge in [0.05, 0.1) is 25.4 Å². The lowest BCUT2D eigenvalue weighted by molar-refractivity contribution is -0.0261. The first-order chi connectivity index (χ1) is 11.5. The third-order valence-corrected chi connectivity index (χ3v) is 3.71. The minimum atomic E-state index is 0. The van der Waals surface area contributed by atoms with E-state index in [-0.39, 0.29) is 30.1 Å². The smallest absolute Gasteiger partial charge is 0.191 e. The van der Waals surface area contributed by atoms with Crippen molar-refractivity contribution in [2.75, 3.05) is 52.5 Å². The number of aliphatic imine (C=N–C) groups is 1. The molecular formula is C18H39IN4O2. The molecule has 1 atom stereocenters. The minimum Gasteiger partial charge on any atom is -0.379 e. The number of guanidine groups is 1. The summed E-state index contributed by atoms with van der Waals surface area (Å²) >= 11 is 0. The van der Waals surface area contributed by atoms with Crippen molar-refractivity contribution in [1.82, 2.24) is 15.5 Å². The van der Waals surface area contributed by atoms with Crippen LogP contribution in [-0.2, 0) is 9.47 Å². The van der Waals surface area contributed by atoms with Gasteiger partial charge in [-0.3, -0.25) is 9.89 Å². The van der Waals surface area contributed by atoms with E-state index in [0.29, 0.717) is 18.6 Å². The van der Waals surface area contributed by atoms with E-state index in [1.165, 1.54) is 0 Å². The molecule has 1 fully saturated rings. The van der Waals surface area contributed by atoms with E-state index in [9.17, 15) is 0 Å². The van der Waals surface area contributed by atoms with Gasteiger partial charge >= 0.3 is 0 Å². The number of nitrogens with zero attached hydrogens (tertiary/aromatic N) is 2. The lowest BCUT2D eigenvalue weighted by atomic mass is 10.2. The molecule has 150 valence electrons. The average Bonchev–Trinajstić information content (AvgIpc) is 2.51. The number of nitrogens with one attached hydrogen (secondary N) is 2. The predicted molar refractivity (Wildman–Crippen MR) is 116 cm³/mol. The normalized spacial score (nSPS) is 19.2. The molecule has 1 unspecified atom stereocenters. The van der Waals surface area contributed by atoms with Crippen LogP contribution in [0.3, 0.4) is 0 Å². The molecule has 0 bridgehead atoms. The lowest BCUT2D eigenvalue weighted by Gasteiger charge is -2.33. The van der Waals surface area contributed by atoms with Crippen LogP contribution in [0, 0.1) is 5.92 Å². The summed E-state index contributed by atoms with van der Waals surface area (Å²) in [5.74, 6) is 1.56. The molecule has 0 spiro atoms. The Bertz CT molecular complexity index is 354. The van der Waals surface area contributed by atoms with Crippen LogP contribution in [0.1, 0.15) is 41.0 Å². The maximum absolute atomic E-state index is 5.86. The Morgan fingerprint density at radius 2 is 2.04 bits per heavy atom. The third kappa shape index (κ3) is 12.8. The molecule has 6 nitrogen and oxygen atoms in total. The summed E-state index contributed by atoms with van der Waals surface area (Å²) < 4.78 is 11.4. The molecule has 1 rings (SSSR count). The van der Waals surface area contributed by atoms with Crippen molar-refractivity contribution in [2.24, 2.45) is 10.9 Å². The first-order valence-corrected chi connectivity index (χ1v) is 9.49. The quantitative estimate of drug-likeness (QED) is 0.222. The van der Waals surface area contributed by atoms with Crippen LogP contribution in [0.25, 0.3) is 0 Å². The molecule has 0 aromatic rings. The maximum atomic E-state index is 5.86. The zero-order valence-electron chi connectivity index (χ0n) is 16.7. The topological polar surface area (TPSA) is 58.1 Å². The first-order valence-electron chi connectivity index (χ1n) is 9.49. The fourth-order valence-corrected chi connectivity index (χ4v) is 2.71. The number of halogens is 1. The van der Waals surface area contributed by atoms with Crippen molar-refractivity contribution >= 4 is 29.9 Å². The summed E-state index contributed by atoms with van der Waals surface area (Å²) in [6.45, 7) is 17.9. The standard InChI is InChI=1S/C18H38N4O2.HI/c1-6-19-18(20-8-7-10-23-16(4)5)21-12-17-14-22(9-11-24-17)13-15(2)3;/h15-17H,6-14H2,1-5H3,(H2,19,20,21);1H. The van der Waals surface area contributed by atoms with Crippen LogP contribution in [0.15, 0.2) is 4.99 Å². The summed E-state index contributed by atoms with van der Waals surface area (Å²) in [5, 5.41) is 6.66. The van der Waals surface area contributed by atoms with Crippen molar-refractivity contribution in [3.63, 3.8) is 0 Å². The van der Waals surface area contributed by atoms with Crippen molar-refractivity contribution in [3.05, 3.63) is 0 Å². The number of hydrogen-bond acceptors (Lipinski definition) is 4. The second-order valence-electron chi connectivity index (χ2n) is 7.07. The molecular weight excluding hydrogens is 431 g/mol. The van der Waals surface area contributed by atoms with Crippen LogP contribution in [0.4, 0.5) is 0 Å². The van der Waals surface area contributed by atoms with Crippen LogP contribution < -0.4 is 10.6 Å². The molecule has 0 aromatic carbocycles. The van der Waals surface area contributed by atoms with Crippen LogP contribution >= 0.6 is 24.0 Å². The molecule has 1 aliphatic rings. The summed E-state index contributed by atoms with van der Waals surface area (Å²) in [5.41, 5.74) is 0. The van der Waals surface area contributed by atoms with Gasteiger partial charge < -0.3 is 20.1 Å². The van der Waals surface area contributed by atoms with Crippen molar-refractivity contribution in [2.45, 2.75) is 53.2 Å². The zero-order valence-corrected chi connectivity index (χ0v) is 19.0. The Balaban J connectivity index is 0.00000576. The van der Waals surface area contributed by atoms with Gasteiger partial charge in [0.15, 0.2) is 5.96 Å². The Morgan fingerprint density at radius 1 is 1.28 bits per heavy atom. The Hall–Kier alpha value is -0.120. The van der Waals surface area contributed by atoms with E-state index in [1.54, 1.807) is 0 Å². The van der Waals surface area contributed by atoms with E-state index in [4.69, 9.17) is 9.47 Å². The van der Waals surface area contributed by atoms with Gasteiger partial charge in [0.2, 0.25) is 0 Å². The number of hydrogen-bond donors (Lipinski definition) is 2. The van der Waals surface area contributed by atoms with Gasteiger partial charge in [0, 0.05) is 39.3 Å². The van der Waals surface area contributed by atoms with Gasteiger partial charge in [0.25, 0.3) is 0 Å². The highest BCUT2D eigenvalue weighted by molar-refractivity contribution is 14.0. The SMILES string of the molecule is CCNC(=NCC1CN(CC(C)C)CCO1)NCCCOC(C)C.I. The van der Waals surface area contributed by atoms with Gasteiger partial charge in [-0.2, -0.15) is 0 Å². The van der Waals surface area contributed by atoms with Crippen molar-refractivity contribution in [1.29, 1.82) is 0 Å². The average molecular weight is 470 g/mol. The second-order valence-corrected chi connectivity index (χ2v) is 7.07. The highest BCUT2D eigenvalue weighted by Crippen LogP contribution is 2.08. The fraction of sp³-hybridized carbons (Fsp3) is 0.944. The molecule has 1 saturated heterocycles. The zero-order chi connectivity index (χ0) is 17.8. The lowest BCUT2D eigenvalue weighted by Crippen LogP contribution is -2.46. The van der Waals surface area contributed by atoms with E-state index < -0.39 is 0 Å². The van der Waals surface area contributed by atoms with E-state index in [0.717, 1.165) is 58.3 Å². The summed E-state index contributed by atoms with van der Waals surface area (Å²) in [4.78, 5) is 7.17. The molecule has 2 N–H and O–H groups in total. The number of ether oxygens (including phenoxy) is 2. The van der Waals surface area contributed by atoms with Gasteiger partial charge in [-0.25, -0.2) is 0 Å². The van der Waals surface area contributed by atoms with E-state index in [1.807, 2.05) is 0 Å². The minimum absolute atomic E-state index is 0. The van der Waals surface area contributed by atoms with E-state index >= 15 is 0 Å². The second kappa shape index (κ2) is 15.0. The monoisotopic (exact) mass is 470 g/mol. The molecule has 1 heterocycles. The molecule has 7 heteroatoms. The highest BCUT2D eigenvalue weighted by atomic mass is 127. The third-order valence-electron chi connectivity index (χ3n) is 3.71. The van der Waals surface area contributed by atoms with Gasteiger partial charge in [-0.05, 0) is 33.1 Å². The molecule has 1 aliphatic heterocycles. The van der Waals surface area contributed by atoms with Gasteiger partial charge in [-0.15, -0.1) is 24.0 Å². The number of morpholine rings is 1. The summed E-state index contributed by atoms with van der Waals surface area (Å²) in [7, 11) is 0. The molecule has 0 amide bonds. The van der Waals surface area contributed by atoms with Crippen molar-refractivity contribution < 1.29 is 9.47 Å². The molecule has 25 heavy (non-hydrogen) atoms. The van der Waals surface area contributed by atoms with Crippen LogP contribution in [0.2, 0.25) is 0 Å². The first kappa shape index (κ1) is 24.9. The Kier molecular flexibility index (Phi) is 14.9. The summed E-state index contributed by atoms with van der Waals surface area (Å²) in [6.07, 6.45) is 1.46. The molecule has 0 aliphatic carbocycles. The molecule has 0 aromatic heterocycles. The Morgan fingerprint density at radius 3 is 2.68 bits per heavy atom. The van der Waals surface area contributed by atoms with Crippen LogP contribution in [0.5, 0.6) is 0 Å². The fourth-order valence-electron chi connectivity index (χ4n) is 2.71. The molecule has 0 radical (unpaired) electrons. The largest absolute Gasteiger partial charge is 0.379 e. The predicted octanol–water partition coefficient (Wildman–Crippen LogP) is 2.33. The van der Waals surface area contributed by atoms with Crippen LogP contribution in [-0.4, -0.2) is 75.5 Å². The number of rotatable bonds is 10. The van der Waals surface area contributed by atoms with Gasteiger partial charge in [0.1, 0.15) is 0 Å².